The molecule has 6 heteroatoms. The van der Waals surface area contributed by atoms with E-state index >= 15 is 0 Å². The Morgan fingerprint density at radius 2 is 1.70 bits per heavy atom. The van der Waals surface area contributed by atoms with Crippen molar-refractivity contribution in [2.75, 3.05) is 5.75 Å². The minimum Gasteiger partial charge on any atom is -0.453 e. The second-order valence-electron chi connectivity index (χ2n) is 4.56. The van der Waals surface area contributed by atoms with Gasteiger partial charge < -0.3 is 4.74 Å². The Hall–Kier alpha value is -2.57. The van der Waals surface area contributed by atoms with Crippen molar-refractivity contribution in [1.29, 1.82) is 10.5 Å². The maximum atomic E-state index is 14.6. The Labute approximate surface area is 137 Å². The molecule has 0 atom stereocenters. The van der Waals surface area contributed by atoms with Crippen molar-refractivity contribution in [2.24, 2.45) is 0 Å². The fourth-order valence-electron chi connectivity index (χ4n) is 2.00. The first kappa shape index (κ1) is 16.8. The van der Waals surface area contributed by atoms with Gasteiger partial charge in [-0.3, -0.25) is 0 Å². The van der Waals surface area contributed by atoms with Gasteiger partial charge in [-0.2, -0.15) is 10.5 Å². The van der Waals surface area contributed by atoms with Gasteiger partial charge in [0.05, 0.1) is 4.90 Å². The third-order valence-electron chi connectivity index (χ3n) is 3.11. The normalized spacial score (nSPS) is 10.0. The van der Waals surface area contributed by atoms with E-state index in [1.54, 1.807) is 44.2 Å². The number of ether oxygens (including phenoxy) is 1. The zero-order valence-electron chi connectivity index (χ0n) is 12.5. The van der Waals surface area contributed by atoms with Gasteiger partial charge >= 0.3 is 0 Å². The Kier molecular flexibility index (Phi) is 5.20. The van der Waals surface area contributed by atoms with Gasteiger partial charge in [-0.15, -0.1) is 11.8 Å². The summed E-state index contributed by atoms with van der Waals surface area (Å²) in [6.07, 6.45) is 0. The van der Waals surface area contributed by atoms with Crippen molar-refractivity contribution in [3.63, 3.8) is 0 Å². The highest BCUT2D eigenvalue weighted by Gasteiger charge is 2.26. The smallest absolute Gasteiger partial charge is 0.186 e. The van der Waals surface area contributed by atoms with Crippen molar-refractivity contribution >= 4 is 11.8 Å². The highest BCUT2D eigenvalue weighted by molar-refractivity contribution is 7.99. The lowest BCUT2D eigenvalue weighted by atomic mass is 10.1. The lowest BCUT2D eigenvalue weighted by molar-refractivity contribution is 0.416. The van der Waals surface area contributed by atoms with Crippen LogP contribution in [0.5, 0.6) is 11.5 Å². The van der Waals surface area contributed by atoms with Crippen molar-refractivity contribution < 1.29 is 13.5 Å². The quantitative estimate of drug-likeness (QED) is 0.747. The summed E-state index contributed by atoms with van der Waals surface area (Å²) in [5, 5.41) is 18.1. The summed E-state index contributed by atoms with van der Waals surface area (Å²) in [4.78, 5) is -0.108. The Balaban J connectivity index is 2.71. The van der Waals surface area contributed by atoms with Gasteiger partial charge in [0, 0.05) is 0 Å². The molecule has 0 saturated heterocycles. The van der Waals surface area contributed by atoms with Crippen LogP contribution in [0.25, 0.3) is 0 Å². The number of benzene rings is 2. The molecule has 3 nitrogen and oxygen atoms in total. The summed E-state index contributed by atoms with van der Waals surface area (Å²) in [5.41, 5.74) is -0.505. The molecule has 0 unspecified atom stereocenters. The first-order valence-corrected chi connectivity index (χ1v) is 7.75. The molecule has 116 valence electrons. The van der Waals surface area contributed by atoms with E-state index < -0.39 is 22.8 Å². The number of hydrogen-bond acceptors (Lipinski definition) is 4. The standard InChI is InChI=1S/C17H12F2N2OS/c1-3-23-17-15(19)12(9-21)11(8-20)14(18)16(17)22-13-7-5-4-6-10(13)2/h4-7H,3H2,1-2H3. The molecule has 0 aromatic heterocycles. The summed E-state index contributed by atoms with van der Waals surface area (Å²) in [5.74, 6) is -1.50. The molecule has 0 aliphatic carbocycles. The number of para-hydroxylation sites is 1. The van der Waals surface area contributed by atoms with Gasteiger partial charge in [-0.25, -0.2) is 8.78 Å². The minimum absolute atomic E-state index is 0.108. The van der Waals surface area contributed by atoms with Crippen LogP contribution in [0, 0.1) is 41.2 Å². The van der Waals surface area contributed by atoms with Gasteiger partial charge in [0.25, 0.3) is 0 Å². The van der Waals surface area contributed by atoms with Crippen LogP contribution < -0.4 is 4.74 Å². The maximum Gasteiger partial charge on any atom is 0.186 e. The molecule has 0 bridgehead atoms. The molecule has 2 aromatic rings. The SMILES string of the molecule is CCSc1c(F)c(C#N)c(C#N)c(F)c1Oc1ccccc1C. The van der Waals surface area contributed by atoms with E-state index in [1.807, 2.05) is 0 Å². The molecule has 2 aromatic carbocycles. The molecule has 0 aliphatic heterocycles. The summed E-state index contributed by atoms with van der Waals surface area (Å²) < 4.78 is 34.7. The molecular weight excluding hydrogens is 318 g/mol. The summed E-state index contributed by atoms with van der Waals surface area (Å²) in [6, 6.07) is 9.98. The minimum atomic E-state index is -1.02. The van der Waals surface area contributed by atoms with Crippen LogP contribution in [0.4, 0.5) is 8.78 Å². The maximum absolute atomic E-state index is 14.6. The zero-order valence-corrected chi connectivity index (χ0v) is 13.3. The second-order valence-corrected chi connectivity index (χ2v) is 5.83. The number of hydrogen-bond donors (Lipinski definition) is 0. The molecule has 0 radical (unpaired) electrons. The lowest BCUT2D eigenvalue weighted by Gasteiger charge is -2.15. The Morgan fingerprint density at radius 3 is 2.26 bits per heavy atom. The van der Waals surface area contributed by atoms with Crippen LogP contribution in [0.3, 0.4) is 0 Å². The lowest BCUT2D eigenvalue weighted by Crippen LogP contribution is -2.03. The number of thioether (sulfide) groups is 1. The van der Waals surface area contributed by atoms with E-state index in [2.05, 4.69) is 0 Å². The number of rotatable bonds is 4. The van der Waals surface area contributed by atoms with Crippen LogP contribution in [0.1, 0.15) is 23.6 Å². The molecule has 0 spiro atoms. The zero-order chi connectivity index (χ0) is 17.0. The molecular formula is C17H12F2N2OS. The Morgan fingerprint density at radius 1 is 1.09 bits per heavy atom. The molecule has 0 aliphatic rings. The first-order chi connectivity index (χ1) is 11.0. The monoisotopic (exact) mass is 330 g/mol. The number of nitrogens with zero attached hydrogens (tertiary/aromatic N) is 2. The van der Waals surface area contributed by atoms with Crippen LogP contribution in [0.2, 0.25) is 0 Å². The summed E-state index contributed by atoms with van der Waals surface area (Å²) in [6.45, 7) is 3.54. The highest BCUT2D eigenvalue weighted by atomic mass is 32.2. The highest BCUT2D eigenvalue weighted by Crippen LogP contribution is 2.41. The fourth-order valence-corrected chi connectivity index (χ4v) is 2.78. The fraction of sp³-hybridized carbons (Fsp3) is 0.176. The number of aryl methyl sites for hydroxylation is 1. The molecule has 0 fully saturated rings. The molecule has 0 saturated carbocycles. The predicted octanol–water partition coefficient (Wildman–Crippen LogP) is 4.92. The van der Waals surface area contributed by atoms with E-state index in [1.165, 1.54) is 6.07 Å². The van der Waals surface area contributed by atoms with Gasteiger partial charge in [0.1, 0.15) is 29.0 Å². The van der Waals surface area contributed by atoms with E-state index in [0.717, 1.165) is 17.3 Å². The van der Waals surface area contributed by atoms with Crippen molar-refractivity contribution in [1.82, 2.24) is 0 Å². The van der Waals surface area contributed by atoms with Gasteiger partial charge in [-0.1, -0.05) is 25.1 Å². The van der Waals surface area contributed by atoms with E-state index in [0.29, 0.717) is 11.5 Å². The van der Waals surface area contributed by atoms with Crippen LogP contribution in [-0.4, -0.2) is 5.75 Å². The van der Waals surface area contributed by atoms with E-state index in [-0.39, 0.29) is 10.6 Å². The number of halogens is 2. The molecule has 0 amide bonds. The summed E-state index contributed by atoms with van der Waals surface area (Å²) in [7, 11) is 0. The van der Waals surface area contributed by atoms with Gasteiger partial charge in [-0.05, 0) is 24.3 Å². The van der Waals surface area contributed by atoms with Crippen molar-refractivity contribution in [3.05, 3.63) is 52.6 Å². The van der Waals surface area contributed by atoms with Gasteiger partial charge in [0.2, 0.25) is 0 Å². The first-order valence-electron chi connectivity index (χ1n) is 6.76. The van der Waals surface area contributed by atoms with E-state index in [4.69, 9.17) is 15.3 Å². The Bertz CT molecular complexity index is 838. The molecule has 23 heavy (non-hydrogen) atoms. The third kappa shape index (κ3) is 3.13. The van der Waals surface area contributed by atoms with Crippen LogP contribution in [-0.2, 0) is 0 Å². The van der Waals surface area contributed by atoms with E-state index in [9.17, 15) is 8.78 Å². The van der Waals surface area contributed by atoms with Crippen LogP contribution >= 0.6 is 11.8 Å². The summed E-state index contributed by atoms with van der Waals surface area (Å²) >= 11 is 1.02. The molecule has 2 rings (SSSR count). The predicted molar refractivity (Wildman–Crippen MR) is 83.4 cm³/mol. The van der Waals surface area contributed by atoms with Crippen molar-refractivity contribution in [2.45, 2.75) is 18.7 Å². The molecule has 0 heterocycles. The van der Waals surface area contributed by atoms with Crippen molar-refractivity contribution in [3.8, 4) is 23.6 Å². The van der Waals surface area contributed by atoms with Crippen LogP contribution in [0.15, 0.2) is 29.2 Å². The topological polar surface area (TPSA) is 56.8 Å². The largest absolute Gasteiger partial charge is 0.453 e. The average Bonchev–Trinajstić information content (AvgIpc) is 2.55. The third-order valence-corrected chi connectivity index (χ3v) is 4.05. The second kappa shape index (κ2) is 7.13. The molecule has 0 N–H and O–H groups in total. The average molecular weight is 330 g/mol. The number of nitriles is 2. The van der Waals surface area contributed by atoms with Gasteiger partial charge in [0.15, 0.2) is 17.4 Å².